The van der Waals surface area contributed by atoms with Crippen LogP contribution in [0.4, 0.5) is 17.3 Å². The van der Waals surface area contributed by atoms with Gasteiger partial charge in [0.15, 0.2) is 0 Å². The number of aromatic nitrogens is 3. The van der Waals surface area contributed by atoms with Gasteiger partial charge in [0, 0.05) is 49.3 Å². The van der Waals surface area contributed by atoms with Gasteiger partial charge in [-0.3, -0.25) is 9.59 Å². The Balaban J connectivity index is 1.36. The van der Waals surface area contributed by atoms with E-state index < -0.39 is 0 Å². The molecular formula is C24H27N7O3. The van der Waals surface area contributed by atoms with Crippen LogP contribution in [0.2, 0.25) is 0 Å². The fourth-order valence-corrected chi connectivity index (χ4v) is 4.40. The van der Waals surface area contributed by atoms with Gasteiger partial charge in [0.1, 0.15) is 23.9 Å². The lowest BCUT2D eigenvalue weighted by atomic mass is 10.0. The molecule has 2 amide bonds. The molecule has 5 N–H and O–H groups in total. The molecule has 34 heavy (non-hydrogen) atoms. The van der Waals surface area contributed by atoms with E-state index in [9.17, 15) is 9.59 Å². The molecule has 0 aromatic carbocycles. The van der Waals surface area contributed by atoms with Crippen LogP contribution in [0.1, 0.15) is 25.3 Å². The smallest absolute Gasteiger partial charge is 0.237 e. The SMILES string of the molecule is CC(=O)NCC[C@H]1C[C@H]1C(=O)Nc1cc2cc(-c3cnc4c(c3C)NCCO4)nc(N)c2cn1. The van der Waals surface area contributed by atoms with Gasteiger partial charge in [0.05, 0.1) is 5.69 Å². The van der Waals surface area contributed by atoms with Crippen LogP contribution in [0.5, 0.6) is 5.88 Å². The predicted octanol–water partition coefficient (Wildman–Crippen LogP) is 2.49. The van der Waals surface area contributed by atoms with Crippen molar-refractivity contribution in [3.8, 4) is 17.1 Å². The van der Waals surface area contributed by atoms with Gasteiger partial charge in [-0.25, -0.2) is 15.0 Å². The third-order valence-electron chi connectivity index (χ3n) is 6.37. The standard InChI is InChI=1S/C24H27N7O3/c1-12-17(10-29-24-21(12)27-5-6-34-24)19-8-15-9-20(28-11-18(15)22(25)30-19)31-23(33)16-7-14(16)3-4-26-13(2)32/h8-11,14,16,27H,3-7H2,1-2H3,(H2,25,30)(H,26,32)(H,28,31,33)/t14-,16+/m0/s1. The van der Waals surface area contributed by atoms with Crippen LogP contribution < -0.4 is 26.4 Å². The van der Waals surface area contributed by atoms with Crippen molar-refractivity contribution >= 4 is 39.9 Å². The molecule has 1 aliphatic heterocycles. The Kier molecular flexibility index (Phi) is 5.64. The maximum Gasteiger partial charge on any atom is 0.237 e. The quantitative estimate of drug-likeness (QED) is 0.438. The van der Waals surface area contributed by atoms with Crippen molar-refractivity contribution in [1.29, 1.82) is 0 Å². The Bertz CT molecular complexity index is 1290. The molecule has 3 aromatic rings. The summed E-state index contributed by atoms with van der Waals surface area (Å²) in [5, 5.41) is 10.6. The molecule has 0 spiro atoms. The Morgan fingerprint density at radius 1 is 1.26 bits per heavy atom. The van der Waals surface area contributed by atoms with Crippen molar-refractivity contribution < 1.29 is 14.3 Å². The maximum absolute atomic E-state index is 12.7. The van der Waals surface area contributed by atoms with Crippen LogP contribution in [-0.2, 0) is 9.59 Å². The molecule has 1 saturated carbocycles. The minimum Gasteiger partial charge on any atom is -0.474 e. The average molecular weight is 462 g/mol. The molecule has 3 aromatic heterocycles. The summed E-state index contributed by atoms with van der Waals surface area (Å²) < 4.78 is 5.62. The van der Waals surface area contributed by atoms with E-state index in [-0.39, 0.29) is 23.7 Å². The van der Waals surface area contributed by atoms with Gasteiger partial charge in [-0.1, -0.05) is 0 Å². The second-order valence-corrected chi connectivity index (χ2v) is 8.80. The number of nitrogen functional groups attached to an aromatic ring is 1. The molecule has 1 aliphatic carbocycles. The first kappa shape index (κ1) is 21.9. The van der Waals surface area contributed by atoms with Crippen LogP contribution in [0.3, 0.4) is 0 Å². The largest absolute Gasteiger partial charge is 0.474 e. The lowest BCUT2D eigenvalue weighted by molar-refractivity contribution is -0.119. The lowest BCUT2D eigenvalue weighted by Crippen LogP contribution is -2.22. The Morgan fingerprint density at radius 2 is 2.12 bits per heavy atom. The molecule has 0 radical (unpaired) electrons. The van der Waals surface area contributed by atoms with Crippen LogP contribution in [-0.4, -0.2) is 46.5 Å². The first-order valence-electron chi connectivity index (χ1n) is 11.4. The van der Waals surface area contributed by atoms with Crippen LogP contribution in [0.25, 0.3) is 22.0 Å². The van der Waals surface area contributed by atoms with E-state index in [0.29, 0.717) is 41.7 Å². The minimum absolute atomic E-state index is 0.0525. The van der Waals surface area contributed by atoms with Gasteiger partial charge in [0.2, 0.25) is 17.7 Å². The second kappa shape index (κ2) is 8.77. The first-order chi connectivity index (χ1) is 16.4. The summed E-state index contributed by atoms with van der Waals surface area (Å²) in [6, 6.07) is 3.74. The van der Waals surface area contributed by atoms with E-state index in [4.69, 9.17) is 10.5 Å². The molecule has 0 unspecified atom stereocenters. The minimum atomic E-state index is -0.0545. The highest BCUT2D eigenvalue weighted by molar-refractivity contribution is 5.98. The van der Waals surface area contributed by atoms with Crippen LogP contribution >= 0.6 is 0 Å². The summed E-state index contributed by atoms with van der Waals surface area (Å²) in [5.41, 5.74) is 9.64. The lowest BCUT2D eigenvalue weighted by Gasteiger charge is -2.21. The zero-order valence-corrected chi connectivity index (χ0v) is 19.1. The third-order valence-corrected chi connectivity index (χ3v) is 6.37. The number of hydrogen-bond acceptors (Lipinski definition) is 8. The number of pyridine rings is 3. The number of hydrogen-bond donors (Lipinski definition) is 4. The highest BCUT2D eigenvalue weighted by atomic mass is 16.5. The van der Waals surface area contributed by atoms with Crippen molar-refractivity contribution in [2.24, 2.45) is 11.8 Å². The van der Waals surface area contributed by atoms with Gasteiger partial charge in [-0.2, -0.15) is 0 Å². The highest BCUT2D eigenvalue weighted by Gasteiger charge is 2.42. The molecule has 0 saturated heterocycles. The number of nitrogens with one attached hydrogen (secondary N) is 3. The van der Waals surface area contributed by atoms with Gasteiger partial charge in [-0.05, 0) is 48.8 Å². The summed E-state index contributed by atoms with van der Waals surface area (Å²) >= 11 is 0. The molecule has 10 nitrogen and oxygen atoms in total. The maximum atomic E-state index is 12.7. The number of nitrogens with zero attached hydrogens (tertiary/aromatic N) is 3. The van der Waals surface area contributed by atoms with E-state index in [2.05, 4.69) is 30.9 Å². The number of anilines is 3. The van der Waals surface area contributed by atoms with Crippen LogP contribution in [0.15, 0.2) is 24.5 Å². The van der Waals surface area contributed by atoms with Crippen molar-refractivity contribution in [3.05, 3.63) is 30.1 Å². The topological polar surface area (TPSA) is 144 Å². The Morgan fingerprint density at radius 3 is 2.94 bits per heavy atom. The third kappa shape index (κ3) is 4.30. The zero-order chi connectivity index (χ0) is 23.8. The predicted molar refractivity (Wildman–Crippen MR) is 129 cm³/mol. The zero-order valence-electron chi connectivity index (χ0n) is 19.1. The Hall–Kier alpha value is -3.95. The molecule has 1 fully saturated rings. The highest BCUT2D eigenvalue weighted by Crippen LogP contribution is 2.42. The molecule has 0 bridgehead atoms. The van der Waals surface area contributed by atoms with Gasteiger partial charge in [-0.15, -0.1) is 0 Å². The summed E-state index contributed by atoms with van der Waals surface area (Å²) in [6.07, 6.45) is 4.99. The molecular weight excluding hydrogens is 434 g/mol. The molecule has 176 valence electrons. The van der Waals surface area contributed by atoms with E-state index in [0.717, 1.165) is 41.6 Å². The summed E-state index contributed by atoms with van der Waals surface area (Å²) in [5.74, 6) is 1.55. The second-order valence-electron chi connectivity index (χ2n) is 8.80. The first-order valence-corrected chi connectivity index (χ1v) is 11.4. The van der Waals surface area contributed by atoms with Crippen molar-refractivity contribution in [2.75, 3.05) is 36.1 Å². The summed E-state index contributed by atoms with van der Waals surface area (Å²) in [7, 11) is 0. The molecule has 4 heterocycles. The van der Waals surface area contributed by atoms with E-state index in [1.807, 2.05) is 19.1 Å². The van der Waals surface area contributed by atoms with Crippen molar-refractivity contribution in [2.45, 2.75) is 26.7 Å². The molecule has 2 aliphatic rings. The summed E-state index contributed by atoms with van der Waals surface area (Å²) in [6.45, 7) is 5.38. The number of carbonyl (C=O) groups excluding carboxylic acids is 2. The fraction of sp³-hybridized carbons (Fsp3) is 0.375. The van der Waals surface area contributed by atoms with Crippen LogP contribution in [0, 0.1) is 18.8 Å². The number of nitrogens with two attached hydrogens (primary N) is 1. The van der Waals surface area contributed by atoms with E-state index in [1.54, 1.807) is 12.4 Å². The molecule has 5 rings (SSSR count). The van der Waals surface area contributed by atoms with Gasteiger partial charge in [0.25, 0.3) is 0 Å². The van der Waals surface area contributed by atoms with Gasteiger partial charge >= 0.3 is 0 Å². The van der Waals surface area contributed by atoms with Crippen molar-refractivity contribution in [1.82, 2.24) is 20.3 Å². The van der Waals surface area contributed by atoms with E-state index in [1.165, 1.54) is 6.92 Å². The number of rotatable bonds is 6. The molecule has 2 atom stereocenters. The average Bonchev–Trinajstić information content (AvgIpc) is 3.59. The van der Waals surface area contributed by atoms with E-state index >= 15 is 0 Å². The monoisotopic (exact) mass is 461 g/mol. The number of ether oxygens (including phenoxy) is 1. The van der Waals surface area contributed by atoms with Crippen molar-refractivity contribution in [3.63, 3.8) is 0 Å². The fourth-order valence-electron chi connectivity index (χ4n) is 4.40. The summed E-state index contributed by atoms with van der Waals surface area (Å²) in [4.78, 5) is 37.0. The number of amides is 2. The molecule has 10 heteroatoms. The number of carbonyl (C=O) groups is 2. The Labute approximate surface area is 196 Å². The number of fused-ring (bicyclic) bond motifs is 2. The van der Waals surface area contributed by atoms with Gasteiger partial charge < -0.3 is 26.4 Å². The normalized spacial score (nSPS) is 18.4.